The van der Waals surface area contributed by atoms with Gasteiger partial charge in [0.05, 0.1) is 13.7 Å². The van der Waals surface area contributed by atoms with Crippen LogP contribution in [0.25, 0.3) is 0 Å². The molecule has 0 radical (unpaired) electrons. The quantitative estimate of drug-likeness (QED) is 0.518. The molecular weight excluding hydrogens is 286 g/mol. The topological polar surface area (TPSA) is 98.9 Å². The van der Waals surface area contributed by atoms with Crippen LogP contribution in [-0.2, 0) is 20.7 Å². The average Bonchev–Trinajstić information content (AvgIpc) is 2.53. The van der Waals surface area contributed by atoms with Crippen LogP contribution in [0.5, 0.6) is 5.75 Å². The van der Waals surface area contributed by atoms with Crippen LogP contribution in [0, 0.1) is 0 Å². The van der Waals surface area contributed by atoms with Crippen LogP contribution in [0.3, 0.4) is 0 Å². The third-order valence-corrected chi connectivity index (χ3v) is 3.36. The maximum Gasteiger partial charge on any atom is 0.334 e. The molecule has 6 heteroatoms. The SMILES string of the molecule is CCOC(=O)[C@@](N)(Cc1ccccc1OC)C(=O)CCCO. The van der Waals surface area contributed by atoms with Crippen LogP contribution in [0.4, 0.5) is 0 Å². The summed E-state index contributed by atoms with van der Waals surface area (Å²) in [5.74, 6) is -0.661. The lowest BCUT2D eigenvalue weighted by molar-refractivity contribution is -0.153. The first kappa shape index (κ1) is 18.1. The predicted octanol–water partition coefficient (Wildman–Crippen LogP) is 0.840. The molecule has 0 aliphatic carbocycles. The lowest BCUT2D eigenvalue weighted by Gasteiger charge is -2.26. The number of ether oxygens (including phenoxy) is 2. The molecule has 1 aromatic rings. The molecule has 0 unspecified atom stereocenters. The fourth-order valence-corrected chi connectivity index (χ4v) is 2.16. The fourth-order valence-electron chi connectivity index (χ4n) is 2.16. The molecule has 1 rings (SSSR count). The number of hydrogen-bond acceptors (Lipinski definition) is 6. The fraction of sp³-hybridized carbons (Fsp3) is 0.500. The van der Waals surface area contributed by atoms with Gasteiger partial charge in [-0.3, -0.25) is 4.79 Å². The van der Waals surface area contributed by atoms with Crippen LogP contribution >= 0.6 is 0 Å². The standard InChI is InChI=1S/C16H23NO5/c1-3-22-15(20)16(17,14(19)9-6-10-18)11-12-7-4-5-8-13(12)21-2/h4-5,7-8,18H,3,6,9-11,17H2,1-2H3/t16-/m1/s1. The molecule has 0 saturated carbocycles. The van der Waals surface area contributed by atoms with E-state index >= 15 is 0 Å². The highest BCUT2D eigenvalue weighted by Gasteiger charge is 2.43. The number of rotatable bonds is 9. The summed E-state index contributed by atoms with van der Waals surface area (Å²) in [6, 6.07) is 7.05. The number of carbonyl (C=O) groups excluding carboxylic acids is 2. The highest BCUT2D eigenvalue weighted by atomic mass is 16.5. The lowest BCUT2D eigenvalue weighted by atomic mass is 9.85. The third-order valence-electron chi connectivity index (χ3n) is 3.36. The first-order chi connectivity index (χ1) is 10.5. The van der Waals surface area contributed by atoms with Crippen molar-refractivity contribution in [2.24, 2.45) is 5.73 Å². The Kier molecular flexibility index (Phi) is 7.01. The highest BCUT2D eigenvalue weighted by Crippen LogP contribution is 2.24. The van der Waals surface area contributed by atoms with Gasteiger partial charge in [-0.15, -0.1) is 0 Å². The Hall–Kier alpha value is -1.92. The van der Waals surface area contributed by atoms with E-state index in [0.29, 0.717) is 11.3 Å². The van der Waals surface area contributed by atoms with Crippen molar-refractivity contribution in [3.05, 3.63) is 29.8 Å². The van der Waals surface area contributed by atoms with Gasteiger partial charge in [0.15, 0.2) is 11.3 Å². The summed E-state index contributed by atoms with van der Waals surface area (Å²) in [5.41, 5.74) is 4.98. The van der Waals surface area contributed by atoms with Gasteiger partial charge in [-0.25, -0.2) is 4.79 Å². The second kappa shape index (κ2) is 8.51. The van der Waals surface area contributed by atoms with E-state index in [-0.39, 0.29) is 32.5 Å². The summed E-state index contributed by atoms with van der Waals surface area (Å²) < 4.78 is 10.2. The molecule has 6 nitrogen and oxygen atoms in total. The minimum absolute atomic E-state index is 0.0138. The molecule has 22 heavy (non-hydrogen) atoms. The number of benzene rings is 1. The van der Waals surface area contributed by atoms with Crippen molar-refractivity contribution < 1.29 is 24.2 Å². The van der Waals surface area contributed by atoms with Gasteiger partial charge >= 0.3 is 5.97 Å². The summed E-state index contributed by atoms with van der Waals surface area (Å²) in [5, 5.41) is 8.87. The van der Waals surface area contributed by atoms with E-state index in [1.807, 2.05) is 0 Å². The molecule has 1 atom stereocenters. The Balaban J connectivity index is 3.09. The average molecular weight is 309 g/mol. The normalized spacial score (nSPS) is 13.3. The van der Waals surface area contributed by atoms with Gasteiger partial charge in [0.1, 0.15) is 5.75 Å². The summed E-state index contributed by atoms with van der Waals surface area (Å²) in [4.78, 5) is 24.6. The van der Waals surface area contributed by atoms with Crippen molar-refractivity contribution in [1.82, 2.24) is 0 Å². The van der Waals surface area contributed by atoms with E-state index in [1.54, 1.807) is 31.2 Å². The zero-order chi connectivity index (χ0) is 16.6. The van der Waals surface area contributed by atoms with Gasteiger partial charge in [-0.05, 0) is 25.0 Å². The molecule has 0 saturated heterocycles. The number of ketones is 1. The molecule has 0 heterocycles. The zero-order valence-electron chi connectivity index (χ0n) is 13.0. The summed E-state index contributed by atoms with van der Waals surface area (Å²) in [6.45, 7) is 1.65. The number of aliphatic hydroxyl groups is 1. The molecule has 122 valence electrons. The van der Waals surface area contributed by atoms with E-state index < -0.39 is 17.3 Å². The zero-order valence-corrected chi connectivity index (χ0v) is 13.0. The Bertz CT molecular complexity index is 517. The molecule has 0 bridgehead atoms. The van der Waals surface area contributed by atoms with Crippen molar-refractivity contribution >= 4 is 11.8 Å². The van der Waals surface area contributed by atoms with Gasteiger partial charge in [0, 0.05) is 19.4 Å². The number of aliphatic hydroxyl groups excluding tert-OH is 1. The van der Waals surface area contributed by atoms with Crippen LogP contribution in [0.2, 0.25) is 0 Å². The summed E-state index contributed by atoms with van der Waals surface area (Å²) in [7, 11) is 1.51. The van der Waals surface area contributed by atoms with Crippen molar-refractivity contribution in [3.8, 4) is 5.75 Å². The van der Waals surface area contributed by atoms with E-state index in [1.165, 1.54) is 7.11 Å². The van der Waals surface area contributed by atoms with Crippen molar-refractivity contribution in [1.29, 1.82) is 0 Å². The number of methoxy groups -OCH3 is 1. The van der Waals surface area contributed by atoms with Gasteiger partial charge < -0.3 is 20.3 Å². The molecule has 1 aromatic carbocycles. The van der Waals surface area contributed by atoms with Crippen LogP contribution < -0.4 is 10.5 Å². The predicted molar refractivity (Wildman–Crippen MR) is 81.6 cm³/mol. The third kappa shape index (κ3) is 4.29. The van der Waals surface area contributed by atoms with E-state index in [4.69, 9.17) is 20.3 Å². The second-order valence-electron chi connectivity index (χ2n) is 4.93. The van der Waals surface area contributed by atoms with Crippen LogP contribution in [0.1, 0.15) is 25.3 Å². The minimum Gasteiger partial charge on any atom is -0.496 e. The number of esters is 1. The second-order valence-corrected chi connectivity index (χ2v) is 4.93. The van der Waals surface area contributed by atoms with Crippen molar-refractivity contribution in [2.45, 2.75) is 31.7 Å². The Morgan fingerprint density at radius 2 is 2.00 bits per heavy atom. The highest BCUT2D eigenvalue weighted by molar-refractivity contribution is 6.08. The number of para-hydroxylation sites is 1. The Morgan fingerprint density at radius 3 is 2.59 bits per heavy atom. The summed E-state index contributed by atoms with van der Waals surface area (Å²) in [6.07, 6.45) is 0.254. The van der Waals surface area contributed by atoms with Crippen LogP contribution in [0.15, 0.2) is 24.3 Å². The number of carbonyl (C=O) groups is 2. The largest absolute Gasteiger partial charge is 0.496 e. The summed E-state index contributed by atoms with van der Waals surface area (Å²) >= 11 is 0. The Labute approximate surface area is 130 Å². The first-order valence-corrected chi connectivity index (χ1v) is 7.21. The van der Waals surface area contributed by atoms with E-state index in [0.717, 1.165) is 0 Å². The van der Waals surface area contributed by atoms with Gasteiger partial charge in [-0.1, -0.05) is 18.2 Å². The smallest absolute Gasteiger partial charge is 0.334 e. The van der Waals surface area contributed by atoms with Crippen molar-refractivity contribution in [3.63, 3.8) is 0 Å². The molecule has 0 aliphatic rings. The molecule has 0 amide bonds. The molecular formula is C16H23NO5. The van der Waals surface area contributed by atoms with Crippen LogP contribution in [-0.4, -0.2) is 42.7 Å². The van der Waals surface area contributed by atoms with Gasteiger partial charge in [0.2, 0.25) is 0 Å². The molecule has 3 N–H and O–H groups in total. The number of Topliss-reactive ketones (excluding diaryl/α,β-unsaturated/α-hetero) is 1. The maximum atomic E-state index is 12.4. The van der Waals surface area contributed by atoms with Gasteiger partial charge in [0.25, 0.3) is 0 Å². The Morgan fingerprint density at radius 1 is 1.32 bits per heavy atom. The first-order valence-electron chi connectivity index (χ1n) is 7.21. The number of nitrogens with two attached hydrogens (primary N) is 1. The van der Waals surface area contributed by atoms with Crippen molar-refractivity contribution in [2.75, 3.05) is 20.3 Å². The van der Waals surface area contributed by atoms with E-state index in [2.05, 4.69) is 0 Å². The molecule has 0 aliphatic heterocycles. The lowest BCUT2D eigenvalue weighted by Crippen LogP contribution is -2.57. The molecule has 0 aromatic heterocycles. The van der Waals surface area contributed by atoms with E-state index in [9.17, 15) is 9.59 Å². The monoisotopic (exact) mass is 309 g/mol. The molecule has 0 fully saturated rings. The van der Waals surface area contributed by atoms with Gasteiger partial charge in [-0.2, -0.15) is 0 Å². The maximum absolute atomic E-state index is 12.4. The molecule has 0 spiro atoms. The minimum atomic E-state index is -1.78. The number of hydrogen-bond donors (Lipinski definition) is 2.